The van der Waals surface area contributed by atoms with Crippen LogP contribution >= 0.6 is 0 Å². The highest BCUT2D eigenvalue weighted by molar-refractivity contribution is 7.90. The summed E-state index contributed by atoms with van der Waals surface area (Å²) >= 11 is 0. The largest absolute Gasteiger partial charge is 0.352 e. The van der Waals surface area contributed by atoms with Crippen LogP contribution in [0.1, 0.15) is 27.9 Å². The van der Waals surface area contributed by atoms with Gasteiger partial charge in [0, 0.05) is 12.1 Å². The van der Waals surface area contributed by atoms with Gasteiger partial charge in [-0.05, 0) is 31.0 Å². The molecular formula is C18H21NO3S. The van der Waals surface area contributed by atoms with Crippen molar-refractivity contribution in [2.75, 3.05) is 12.3 Å². The van der Waals surface area contributed by atoms with Crippen molar-refractivity contribution < 1.29 is 13.2 Å². The number of benzene rings is 2. The molecular weight excluding hydrogens is 310 g/mol. The SMILES string of the molecule is Cc1ccc(C(=O)NCCCS(=O)(=O)Cc2ccccc2)cc1. The van der Waals surface area contributed by atoms with Gasteiger partial charge < -0.3 is 5.32 Å². The maximum absolute atomic E-state index is 12.0. The Morgan fingerprint density at radius 2 is 1.65 bits per heavy atom. The average molecular weight is 331 g/mol. The van der Waals surface area contributed by atoms with Crippen LogP contribution in [0, 0.1) is 6.92 Å². The molecule has 0 radical (unpaired) electrons. The van der Waals surface area contributed by atoms with Crippen LogP contribution in [-0.4, -0.2) is 26.6 Å². The molecule has 0 bridgehead atoms. The number of hydrogen-bond acceptors (Lipinski definition) is 3. The maximum Gasteiger partial charge on any atom is 0.251 e. The molecule has 0 saturated carbocycles. The van der Waals surface area contributed by atoms with Crippen LogP contribution < -0.4 is 5.32 Å². The lowest BCUT2D eigenvalue weighted by Crippen LogP contribution is -2.26. The molecule has 0 unspecified atom stereocenters. The third-order valence-electron chi connectivity index (χ3n) is 3.46. The minimum absolute atomic E-state index is 0.0414. The van der Waals surface area contributed by atoms with Crippen molar-refractivity contribution in [1.82, 2.24) is 5.32 Å². The topological polar surface area (TPSA) is 63.2 Å². The summed E-state index contributed by atoms with van der Waals surface area (Å²) in [7, 11) is -3.15. The van der Waals surface area contributed by atoms with Gasteiger partial charge in [0.2, 0.25) is 0 Å². The van der Waals surface area contributed by atoms with Crippen molar-refractivity contribution in [3.8, 4) is 0 Å². The van der Waals surface area contributed by atoms with Gasteiger partial charge in [-0.3, -0.25) is 4.79 Å². The number of sulfone groups is 1. The molecule has 2 aromatic carbocycles. The van der Waals surface area contributed by atoms with Gasteiger partial charge in [-0.1, -0.05) is 48.0 Å². The Hall–Kier alpha value is -2.14. The second kappa shape index (κ2) is 7.92. The van der Waals surface area contributed by atoms with E-state index in [-0.39, 0.29) is 17.4 Å². The molecule has 0 aromatic heterocycles. The molecule has 0 spiro atoms. The fourth-order valence-electron chi connectivity index (χ4n) is 2.20. The maximum atomic E-state index is 12.0. The van der Waals surface area contributed by atoms with Gasteiger partial charge in [0.25, 0.3) is 5.91 Å². The third-order valence-corrected chi connectivity index (χ3v) is 5.14. The summed E-state index contributed by atoms with van der Waals surface area (Å²) in [6, 6.07) is 16.4. The third kappa shape index (κ3) is 5.87. The fraction of sp³-hybridized carbons (Fsp3) is 0.278. The minimum atomic E-state index is -3.15. The molecule has 0 heterocycles. The molecule has 0 atom stereocenters. The smallest absolute Gasteiger partial charge is 0.251 e. The molecule has 0 aliphatic heterocycles. The minimum Gasteiger partial charge on any atom is -0.352 e. The van der Waals surface area contributed by atoms with Gasteiger partial charge >= 0.3 is 0 Å². The quantitative estimate of drug-likeness (QED) is 0.794. The predicted molar refractivity (Wildman–Crippen MR) is 92.1 cm³/mol. The van der Waals surface area contributed by atoms with E-state index in [0.717, 1.165) is 11.1 Å². The van der Waals surface area contributed by atoms with E-state index in [1.54, 1.807) is 24.3 Å². The summed E-state index contributed by atoms with van der Waals surface area (Å²) < 4.78 is 24.1. The monoisotopic (exact) mass is 331 g/mol. The second-order valence-electron chi connectivity index (χ2n) is 5.55. The zero-order valence-corrected chi connectivity index (χ0v) is 14.0. The van der Waals surface area contributed by atoms with Crippen LogP contribution in [0.15, 0.2) is 54.6 Å². The number of nitrogens with one attached hydrogen (secondary N) is 1. The van der Waals surface area contributed by atoms with E-state index >= 15 is 0 Å². The van der Waals surface area contributed by atoms with Gasteiger partial charge in [-0.15, -0.1) is 0 Å². The van der Waals surface area contributed by atoms with E-state index in [1.165, 1.54) is 0 Å². The van der Waals surface area contributed by atoms with E-state index < -0.39 is 9.84 Å². The summed E-state index contributed by atoms with van der Waals surface area (Å²) in [6.07, 6.45) is 0.409. The summed E-state index contributed by atoms with van der Waals surface area (Å²) in [4.78, 5) is 11.9. The molecule has 23 heavy (non-hydrogen) atoms. The molecule has 1 N–H and O–H groups in total. The molecule has 0 fully saturated rings. The average Bonchev–Trinajstić information content (AvgIpc) is 2.52. The summed E-state index contributed by atoms with van der Waals surface area (Å²) in [5, 5.41) is 2.75. The standard InChI is InChI=1S/C18H21NO3S/c1-15-8-10-17(11-9-15)18(20)19-12-5-13-23(21,22)14-16-6-3-2-4-7-16/h2-4,6-11H,5,12-14H2,1H3,(H,19,20). The van der Waals surface area contributed by atoms with Crippen molar-refractivity contribution in [1.29, 1.82) is 0 Å². The van der Waals surface area contributed by atoms with Crippen LogP contribution in [0.25, 0.3) is 0 Å². The highest BCUT2D eigenvalue weighted by atomic mass is 32.2. The Morgan fingerprint density at radius 3 is 2.30 bits per heavy atom. The zero-order valence-electron chi connectivity index (χ0n) is 13.2. The molecule has 0 aliphatic carbocycles. The number of aryl methyl sites for hydroxylation is 1. The Kier molecular flexibility index (Phi) is 5.93. The second-order valence-corrected chi connectivity index (χ2v) is 7.74. The molecule has 2 rings (SSSR count). The first-order chi connectivity index (χ1) is 11.0. The molecule has 0 aliphatic rings. The highest BCUT2D eigenvalue weighted by Gasteiger charge is 2.12. The van der Waals surface area contributed by atoms with Crippen molar-refractivity contribution in [2.24, 2.45) is 0 Å². The predicted octanol–water partition coefficient (Wildman–Crippen LogP) is 2.73. The Morgan fingerprint density at radius 1 is 1.00 bits per heavy atom. The molecule has 5 heteroatoms. The molecule has 0 saturated heterocycles. The van der Waals surface area contributed by atoms with Crippen molar-refractivity contribution in [3.63, 3.8) is 0 Å². The Labute approximate surface area is 137 Å². The van der Waals surface area contributed by atoms with Gasteiger partial charge in [0.05, 0.1) is 11.5 Å². The first kappa shape index (κ1) is 17.2. The van der Waals surface area contributed by atoms with E-state index in [2.05, 4.69) is 5.32 Å². The van der Waals surface area contributed by atoms with Gasteiger partial charge in [-0.2, -0.15) is 0 Å². The molecule has 1 amide bonds. The first-order valence-corrected chi connectivity index (χ1v) is 9.38. The number of rotatable bonds is 7. The summed E-state index contributed by atoms with van der Waals surface area (Å²) in [6.45, 7) is 2.31. The summed E-state index contributed by atoms with van der Waals surface area (Å²) in [5.41, 5.74) is 2.47. The lowest BCUT2D eigenvalue weighted by Gasteiger charge is -2.07. The number of amides is 1. The van der Waals surface area contributed by atoms with E-state index in [9.17, 15) is 13.2 Å². The molecule has 4 nitrogen and oxygen atoms in total. The van der Waals surface area contributed by atoms with Gasteiger partial charge in [0.15, 0.2) is 9.84 Å². The normalized spacial score (nSPS) is 11.2. The number of carbonyl (C=O) groups is 1. The van der Waals surface area contributed by atoms with Crippen LogP contribution in [0.2, 0.25) is 0 Å². The van der Waals surface area contributed by atoms with Crippen molar-refractivity contribution >= 4 is 15.7 Å². The first-order valence-electron chi connectivity index (χ1n) is 7.55. The number of carbonyl (C=O) groups excluding carboxylic acids is 1. The van der Waals surface area contributed by atoms with Gasteiger partial charge in [-0.25, -0.2) is 8.42 Å². The van der Waals surface area contributed by atoms with Crippen LogP contribution in [0.5, 0.6) is 0 Å². The van der Waals surface area contributed by atoms with E-state index in [0.29, 0.717) is 18.5 Å². The molecule has 122 valence electrons. The lowest BCUT2D eigenvalue weighted by molar-refractivity contribution is 0.0953. The lowest BCUT2D eigenvalue weighted by atomic mass is 10.1. The Bertz CT molecular complexity index is 738. The van der Waals surface area contributed by atoms with Crippen molar-refractivity contribution in [3.05, 3.63) is 71.3 Å². The zero-order chi connectivity index (χ0) is 16.7. The summed E-state index contributed by atoms with van der Waals surface area (Å²) in [5.74, 6) is -0.0685. The van der Waals surface area contributed by atoms with Gasteiger partial charge in [0.1, 0.15) is 0 Å². The van der Waals surface area contributed by atoms with Crippen LogP contribution in [0.4, 0.5) is 0 Å². The van der Waals surface area contributed by atoms with Crippen molar-refractivity contribution in [2.45, 2.75) is 19.1 Å². The van der Waals surface area contributed by atoms with E-state index in [4.69, 9.17) is 0 Å². The highest BCUT2D eigenvalue weighted by Crippen LogP contribution is 2.07. The fourth-order valence-corrected chi connectivity index (χ4v) is 3.63. The van der Waals surface area contributed by atoms with Crippen LogP contribution in [-0.2, 0) is 15.6 Å². The molecule has 2 aromatic rings. The Balaban J connectivity index is 1.76. The number of hydrogen-bond donors (Lipinski definition) is 1. The van der Waals surface area contributed by atoms with E-state index in [1.807, 2.05) is 37.3 Å². The van der Waals surface area contributed by atoms with Crippen LogP contribution in [0.3, 0.4) is 0 Å².